The number of fused-ring (bicyclic) bond motifs is 2. The van der Waals surface area contributed by atoms with Gasteiger partial charge in [-0.25, -0.2) is 0 Å². The number of methoxy groups -OCH3 is 1. The molecule has 1 unspecified atom stereocenters. The second-order valence-electron chi connectivity index (χ2n) is 6.88. The highest BCUT2D eigenvalue weighted by Gasteiger charge is 2.46. The Morgan fingerprint density at radius 2 is 2.19 bits per heavy atom. The first-order valence-corrected chi connectivity index (χ1v) is 7.45. The molecular weight excluding hydrogens is 268 g/mol. The number of ether oxygens (including phenoxy) is 2. The fourth-order valence-electron chi connectivity index (χ4n) is 3.89. The van der Waals surface area contributed by atoms with Gasteiger partial charge >= 0.3 is 0 Å². The minimum atomic E-state index is -0.317. The van der Waals surface area contributed by atoms with Gasteiger partial charge in [0, 0.05) is 17.9 Å². The van der Waals surface area contributed by atoms with Crippen molar-refractivity contribution in [1.82, 2.24) is 0 Å². The zero-order valence-electron chi connectivity index (χ0n) is 12.8. The lowest BCUT2D eigenvalue weighted by Gasteiger charge is -2.48. The van der Waals surface area contributed by atoms with Crippen LogP contribution in [0.15, 0.2) is 12.1 Å². The van der Waals surface area contributed by atoms with Crippen molar-refractivity contribution in [2.24, 2.45) is 11.3 Å². The van der Waals surface area contributed by atoms with E-state index in [1.165, 1.54) is 0 Å². The van der Waals surface area contributed by atoms with E-state index in [0.717, 1.165) is 30.4 Å². The maximum absolute atomic E-state index is 11.1. The Morgan fingerprint density at radius 3 is 2.86 bits per heavy atom. The van der Waals surface area contributed by atoms with Crippen molar-refractivity contribution in [3.8, 4) is 11.5 Å². The van der Waals surface area contributed by atoms with Crippen LogP contribution >= 0.6 is 0 Å². The average molecular weight is 290 g/mol. The van der Waals surface area contributed by atoms with Crippen LogP contribution in [0.3, 0.4) is 0 Å². The summed E-state index contributed by atoms with van der Waals surface area (Å²) in [5.74, 6) is 1.68. The summed E-state index contributed by atoms with van der Waals surface area (Å²) in [6.45, 7) is 4.37. The molecular formula is C17H22O4. The van der Waals surface area contributed by atoms with Crippen molar-refractivity contribution in [3.05, 3.63) is 23.3 Å². The fourth-order valence-corrected chi connectivity index (χ4v) is 3.89. The highest BCUT2D eigenvalue weighted by atomic mass is 16.5. The molecule has 0 spiro atoms. The molecule has 1 N–H and O–H groups in total. The van der Waals surface area contributed by atoms with Crippen LogP contribution in [0.4, 0.5) is 0 Å². The molecule has 3 atom stereocenters. The normalized spacial score (nSPS) is 29.8. The molecule has 0 aromatic heterocycles. The summed E-state index contributed by atoms with van der Waals surface area (Å²) in [5, 5.41) is 10.1. The third-order valence-electron chi connectivity index (χ3n) is 4.94. The van der Waals surface area contributed by atoms with E-state index in [-0.39, 0.29) is 17.6 Å². The van der Waals surface area contributed by atoms with E-state index >= 15 is 0 Å². The third kappa shape index (κ3) is 2.42. The molecule has 0 radical (unpaired) electrons. The zero-order chi connectivity index (χ0) is 15.2. The van der Waals surface area contributed by atoms with Gasteiger partial charge in [-0.3, -0.25) is 4.79 Å². The van der Waals surface area contributed by atoms with Crippen molar-refractivity contribution in [2.45, 2.75) is 45.3 Å². The van der Waals surface area contributed by atoms with E-state index in [1.54, 1.807) is 13.2 Å². The number of hydrogen-bond acceptors (Lipinski definition) is 4. The van der Waals surface area contributed by atoms with E-state index in [4.69, 9.17) is 9.47 Å². The second kappa shape index (κ2) is 5.02. The summed E-state index contributed by atoms with van der Waals surface area (Å²) in [7, 11) is 1.58. The molecule has 4 nitrogen and oxygen atoms in total. The van der Waals surface area contributed by atoms with Crippen LogP contribution in [0, 0.1) is 11.3 Å². The lowest BCUT2D eigenvalue weighted by Crippen LogP contribution is -2.49. The van der Waals surface area contributed by atoms with E-state index in [0.29, 0.717) is 23.7 Å². The number of rotatable bonds is 2. The van der Waals surface area contributed by atoms with Gasteiger partial charge in [0.05, 0.1) is 13.2 Å². The van der Waals surface area contributed by atoms with Gasteiger partial charge < -0.3 is 14.6 Å². The minimum absolute atomic E-state index is 0.00670. The van der Waals surface area contributed by atoms with Crippen molar-refractivity contribution >= 4 is 6.29 Å². The van der Waals surface area contributed by atoms with Crippen LogP contribution < -0.4 is 9.47 Å². The van der Waals surface area contributed by atoms with E-state index in [1.807, 2.05) is 6.07 Å². The van der Waals surface area contributed by atoms with Gasteiger partial charge in [0.15, 0.2) is 11.5 Å². The maximum Gasteiger partial charge on any atom is 0.164 e. The number of carbonyl (C=O) groups is 1. The lowest BCUT2D eigenvalue weighted by atomic mass is 9.63. The first-order valence-electron chi connectivity index (χ1n) is 7.45. The van der Waals surface area contributed by atoms with Gasteiger partial charge in [-0.05, 0) is 36.0 Å². The molecule has 1 aliphatic heterocycles. The van der Waals surface area contributed by atoms with Gasteiger partial charge in [-0.15, -0.1) is 0 Å². The number of aliphatic hydroxyl groups excluding tert-OH is 1. The number of aldehydes is 1. The predicted molar refractivity (Wildman–Crippen MR) is 79.0 cm³/mol. The van der Waals surface area contributed by atoms with E-state index in [9.17, 15) is 9.90 Å². The minimum Gasteiger partial charge on any atom is -0.493 e. The van der Waals surface area contributed by atoms with Crippen molar-refractivity contribution in [3.63, 3.8) is 0 Å². The SMILES string of the molecule is COc1cc(C=O)cc2c1OC1C[C@H](O)CC(C)(C)[C@H]1C2. The molecule has 4 heteroatoms. The monoisotopic (exact) mass is 290 g/mol. The van der Waals surface area contributed by atoms with Crippen molar-refractivity contribution in [2.75, 3.05) is 7.11 Å². The first-order chi connectivity index (χ1) is 9.94. The highest BCUT2D eigenvalue weighted by Crippen LogP contribution is 2.49. The molecule has 0 amide bonds. The maximum atomic E-state index is 11.1. The summed E-state index contributed by atoms with van der Waals surface area (Å²) in [6, 6.07) is 3.60. The topological polar surface area (TPSA) is 55.8 Å². The molecule has 3 rings (SSSR count). The summed E-state index contributed by atoms with van der Waals surface area (Å²) in [5.41, 5.74) is 1.66. The number of aliphatic hydroxyl groups is 1. The van der Waals surface area contributed by atoms with Gasteiger partial charge in [-0.2, -0.15) is 0 Å². The molecule has 1 aliphatic carbocycles. The van der Waals surface area contributed by atoms with Crippen LogP contribution in [-0.2, 0) is 6.42 Å². The summed E-state index contributed by atoms with van der Waals surface area (Å²) in [4.78, 5) is 11.1. The fraction of sp³-hybridized carbons (Fsp3) is 0.588. The quantitative estimate of drug-likeness (QED) is 0.851. The second-order valence-corrected chi connectivity index (χ2v) is 6.88. The van der Waals surface area contributed by atoms with Crippen LogP contribution in [0.5, 0.6) is 11.5 Å². The van der Waals surface area contributed by atoms with Crippen molar-refractivity contribution < 1.29 is 19.4 Å². The highest BCUT2D eigenvalue weighted by molar-refractivity contribution is 5.77. The van der Waals surface area contributed by atoms with E-state index in [2.05, 4.69) is 13.8 Å². The number of carbonyl (C=O) groups excluding carboxylic acids is 1. The molecule has 114 valence electrons. The molecule has 21 heavy (non-hydrogen) atoms. The molecule has 1 aromatic rings. The molecule has 0 bridgehead atoms. The Hall–Kier alpha value is -1.55. The Morgan fingerprint density at radius 1 is 1.43 bits per heavy atom. The first kappa shape index (κ1) is 14.4. The summed E-state index contributed by atoms with van der Waals surface area (Å²) in [6.07, 6.45) is 2.83. The molecule has 1 saturated carbocycles. The predicted octanol–water partition coefficient (Wildman–Crippen LogP) is 2.61. The molecule has 0 saturated heterocycles. The number of hydrogen-bond donors (Lipinski definition) is 1. The Kier molecular flexibility index (Phi) is 3.44. The summed E-state index contributed by atoms with van der Waals surface area (Å²) >= 11 is 0. The Balaban J connectivity index is 2.03. The largest absolute Gasteiger partial charge is 0.493 e. The standard InChI is InChI=1S/C17H22O4/c1-17(2)8-12(19)7-14-13(17)6-11-4-10(9-18)5-15(20-3)16(11)21-14/h4-5,9,12-14,19H,6-8H2,1-3H3/t12-,13-,14?/m0/s1. The molecule has 1 aromatic carbocycles. The Bertz CT molecular complexity index is 564. The average Bonchev–Trinajstić information content (AvgIpc) is 2.43. The van der Waals surface area contributed by atoms with Gasteiger partial charge in [0.25, 0.3) is 0 Å². The number of benzene rings is 1. The molecule has 1 fully saturated rings. The Labute approximate surface area is 125 Å². The molecule has 1 heterocycles. The third-order valence-corrected chi connectivity index (χ3v) is 4.94. The van der Waals surface area contributed by atoms with Crippen LogP contribution in [-0.4, -0.2) is 30.7 Å². The van der Waals surface area contributed by atoms with Gasteiger partial charge in [-0.1, -0.05) is 13.8 Å². The van der Waals surface area contributed by atoms with Gasteiger partial charge in [0.1, 0.15) is 12.4 Å². The lowest BCUT2D eigenvalue weighted by molar-refractivity contribution is -0.0641. The van der Waals surface area contributed by atoms with Crippen molar-refractivity contribution in [1.29, 1.82) is 0 Å². The van der Waals surface area contributed by atoms with Gasteiger partial charge in [0.2, 0.25) is 0 Å². The zero-order valence-corrected chi connectivity index (χ0v) is 12.8. The molecule has 2 aliphatic rings. The smallest absolute Gasteiger partial charge is 0.164 e. The van der Waals surface area contributed by atoms with Crippen LogP contribution in [0.1, 0.15) is 42.6 Å². The van der Waals surface area contributed by atoms with Crippen LogP contribution in [0.2, 0.25) is 0 Å². The summed E-state index contributed by atoms with van der Waals surface area (Å²) < 4.78 is 11.5. The van der Waals surface area contributed by atoms with Crippen LogP contribution in [0.25, 0.3) is 0 Å². The van der Waals surface area contributed by atoms with E-state index < -0.39 is 0 Å².